The van der Waals surface area contributed by atoms with Crippen molar-refractivity contribution in [1.29, 1.82) is 0 Å². The topological polar surface area (TPSA) is 89.0 Å². The Morgan fingerprint density at radius 3 is 2.56 bits per heavy atom. The Balaban J connectivity index is 1.49. The summed E-state index contributed by atoms with van der Waals surface area (Å²) in [5, 5.41) is 4.72. The molecule has 2 aromatic heterocycles. The van der Waals surface area contributed by atoms with Crippen LogP contribution in [0.1, 0.15) is 16.9 Å². The summed E-state index contributed by atoms with van der Waals surface area (Å²) in [6.07, 6.45) is 2.35. The summed E-state index contributed by atoms with van der Waals surface area (Å²) in [7, 11) is 4.85. The number of H-pyrrole nitrogens is 1. The molecule has 0 spiro atoms. The van der Waals surface area contributed by atoms with Crippen molar-refractivity contribution >= 4 is 28.2 Å². The highest BCUT2D eigenvalue weighted by Crippen LogP contribution is 2.27. The van der Waals surface area contributed by atoms with Gasteiger partial charge in [-0.25, -0.2) is 0 Å². The molecular weight excluding hydrogens is 478 g/mol. The van der Waals surface area contributed by atoms with Crippen LogP contribution in [0.2, 0.25) is 0 Å². The Hall–Kier alpha value is -3.98. The maximum atomic E-state index is 12.8. The first-order valence-electron chi connectivity index (χ1n) is 11.5. The van der Waals surface area contributed by atoms with Gasteiger partial charge in [0.15, 0.2) is 16.6 Å². The van der Waals surface area contributed by atoms with Gasteiger partial charge in [-0.05, 0) is 72.7 Å². The second-order valence-electron chi connectivity index (χ2n) is 8.18. The van der Waals surface area contributed by atoms with Crippen molar-refractivity contribution in [3.63, 3.8) is 0 Å². The Morgan fingerprint density at radius 2 is 1.83 bits per heavy atom. The van der Waals surface area contributed by atoms with Gasteiger partial charge in [-0.2, -0.15) is 0 Å². The third-order valence-corrected chi connectivity index (χ3v) is 6.24. The Labute approximate surface area is 214 Å². The number of aromatic nitrogens is 1. The molecule has 0 aliphatic heterocycles. The highest BCUT2D eigenvalue weighted by atomic mass is 32.1. The van der Waals surface area contributed by atoms with E-state index in [2.05, 4.69) is 10.3 Å². The van der Waals surface area contributed by atoms with Gasteiger partial charge >= 0.3 is 0 Å². The second-order valence-corrected chi connectivity index (χ2v) is 8.57. The van der Waals surface area contributed by atoms with Crippen LogP contribution in [0, 0.1) is 0 Å². The largest absolute Gasteiger partial charge is 0.497 e. The molecule has 36 heavy (non-hydrogen) atoms. The van der Waals surface area contributed by atoms with Crippen LogP contribution in [0.25, 0.3) is 10.9 Å². The van der Waals surface area contributed by atoms with Crippen molar-refractivity contribution in [2.24, 2.45) is 0 Å². The molecule has 4 rings (SSSR count). The molecule has 0 radical (unpaired) electrons. The van der Waals surface area contributed by atoms with Gasteiger partial charge in [-0.15, -0.1) is 0 Å². The summed E-state index contributed by atoms with van der Waals surface area (Å²) >= 11 is 5.73. The highest BCUT2D eigenvalue weighted by Gasteiger charge is 2.16. The molecule has 2 heterocycles. The van der Waals surface area contributed by atoms with Gasteiger partial charge < -0.3 is 33.8 Å². The van der Waals surface area contributed by atoms with E-state index in [1.165, 1.54) is 0 Å². The number of furan rings is 1. The van der Waals surface area contributed by atoms with E-state index in [9.17, 15) is 4.79 Å². The summed E-state index contributed by atoms with van der Waals surface area (Å²) in [6, 6.07) is 17.0. The normalized spacial score (nSPS) is 10.8. The van der Waals surface area contributed by atoms with Crippen molar-refractivity contribution in [1.82, 2.24) is 15.2 Å². The van der Waals surface area contributed by atoms with Crippen LogP contribution >= 0.6 is 12.2 Å². The van der Waals surface area contributed by atoms with Gasteiger partial charge in [0, 0.05) is 23.0 Å². The summed E-state index contributed by atoms with van der Waals surface area (Å²) in [4.78, 5) is 17.7. The molecule has 2 N–H and O–H groups in total. The lowest BCUT2D eigenvalue weighted by molar-refractivity contribution is 0.350. The predicted octanol–water partition coefficient (Wildman–Crippen LogP) is 4.27. The molecule has 0 atom stereocenters. The van der Waals surface area contributed by atoms with Crippen LogP contribution in [0.5, 0.6) is 17.2 Å². The SMILES string of the molecule is COc1ccc2[nH]c(=O)c(CN(Cc3ccco3)C(=S)NCCc3ccc(OC)c(OC)c3)cc2c1. The molecule has 0 fully saturated rings. The van der Waals surface area contributed by atoms with E-state index < -0.39 is 0 Å². The zero-order valence-electron chi connectivity index (χ0n) is 20.5. The Bertz CT molecular complexity index is 1380. The van der Waals surface area contributed by atoms with Crippen molar-refractivity contribution in [3.8, 4) is 17.2 Å². The third-order valence-electron chi connectivity index (χ3n) is 5.84. The van der Waals surface area contributed by atoms with Crippen LogP contribution in [0.15, 0.2) is 70.1 Å². The van der Waals surface area contributed by atoms with Crippen molar-refractivity contribution in [3.05, 3.63) is 88.1 Å². The van der Waals surface area contributed by atoms with E-state index in [-0.39, 0.29) is 5.56 Å². The number of thiocarbonyl (C=S) groups is 1. The maximum Gasteiger partial charge on any atom is 0.253 e. The zero-order valence-corrected chi connectivity index (χ0v) is 21.3. The number of aromatic amines is 1. The first-order chi connectivity index (χ1) is 17.5. The number of fused-ring (bicyclic) bond motifs is 1. The third kappa shape index (κ3) is 5.98. The van der Waals surface area contributed by atoms with Gasteiger partial charge in [0.1, 0.15) is 11.5 Å². The molecule has 9 heteroatoms. The number of methoxy groups -OCH3 is 3. The number of hydrogen-bond acceptors (Lipinski definition) is 6. The lowest BCUT2D eigenvalue weighted by atomic mass is 10.1. The standard InChI is InChI=1S/C27H29N3O5S/c1-32-21-7-8-23-19(15-21)14-20(26(31)29-23)16-30(17-22-5-4-12-35-22)27(36)28-11-10-18-6-9-24(33-2)25(13-18)34-3/h4-9,12-15H,10-11,16-17H2,1-3H3,(H,28,36)(H,29,31). The first kappa shape index (κ1) is 25.1. The van der Waals surface area contributed by atoms with E-state index in [4.69, 9.17) is 30.8 Å². The summed E-state index contributed by atoms with van der Waals surface area (Å²) in [6.45, 7) is 1.34. The quantitative estimate of drug-likeness (QED) is 0.308. The van der Waals surface area contributed by atoms with Crippen LogP contribution in [-0.2, 0) is 19.5 Å². The minimum absolute atomic E-state index is 0.162. The number of nitrogens with one attached hydrogen (secondary N) is 2. The molecule has 0 amide bonds. The average Bonchev–Trinajstić information content (AvgIpc) is 3.41. The number of ether oxygens (including phenoxy) is 3. The minimum Gasteiger partial charge on any atom is -0.497 e. The fourth-order valence-electron chi connectivity index (χ4n) is 3.93. The molecule has 8 nitrogen and oxygen atoms in total. The van der Waals surface area contributed by atoms with E-state index in [0.717, 1.165) is 34.4 Å². The first-order valence-corrected chi connectivity index (χ1v) is 11.9. The van der Waals surface area contributed by atoms with Gasteiger partial charge in [-0.3, -0.25) is 4.79 Å². The average molecular weight is 508 g/mol. The van der Waals surface area contributed by atoms with E-state index in [1.807, 2.05) is 59.5 Å². The van der Waals surface area contributed by atoms with Crippen molar-refractivity contribution in [2.45, 2.75) is 19.5 Å². The Morgan fingerprint density at radius 1 is 1.00 bits per heavy atom. The van der Waals surface area contributed by atoms with Crippen LogP contribution < -0.4 is 25.1 Å². The summed E-state index contributed by atoms with van der Waals surface area (Å²) in [5.41, 5.74) is 2.26. The number of pyridine rings is 1. The van der Waals surface area contributed by atoms with Gasteiger partial charge in [-0.1, -0.05) is 6.07 Å². The number of benzene rings is 2. The molecule has 0 bridgehead atoms. The van der Waals surface area contributed by atoms with Gasteiger partial charge in [0.25, 0.3) is 5.56 Å². The second kappa shape index (κ2) is 11.6. The molecular formula is C27H29N3O5S. The molecule has 0 aliphatic rings. The summed E-state index contributed by atoms with van der Waals surface area (Å²) in [5.74, 6) is 2.84. The number of nitrogens with zero attached hydrogens (tertiary/aromatic N) is 1. The van der Waals surface area contributed by atoms with E-state index in [0.29, 0.717) is 41.8 Å². The number of hydrogen-bond donors (Lipinski definition) is 2. The lowest BCUT2D eigenvalue weighted by Crippen LogP contribution is -2.40. The molecule has 0 saturated carbocycles. The molecule has 188 valence electrons. The van der Waals surface area contributed by atoms with Crippen molar-refractivity contribution in [2.75, 3.05) is 27.9 Å². The molecule has 0 aliphatic carbocycles. The lowest BCUT2D eigenvalue weighted by Gasteiger charge is -2.25. The minimum atomic E-state index is -0.162. The van der Waals surface area contributed by atoms with Crippen LogP contribution in [0.4, 0.5) is 0 Å². The number of rotatable bonds is 10. The predicted molar refractivity (Wildman–Crippen MR) is 143 cm³/mol. The summed E-state index contributed by atoms with van der Waals surface area (Å²) < 4.78 is 21.6. The molecule has 4 aromatic rings. The fourth-order valence-corrected chi connectivity index (χ4v) is 4.16. The van der Waals surface area contributed by atoms with Gasteiger partial charge in [0.05, 0.1) is 40.7 Å². The van der Waals surface area contributed by atoms with E-state index >= 15 is 0 Å². The monoisotopic (exact) mass is 507 g/mol. The molecule has 0 unspecified atom stereocenters. The smallest absolute Gasteiger partial charge is 0.253 e. The fraction of sp³-hybridized carbons (Fsp3) is 0.259. The molecule has 2 aromatic carbocycles. The molecule has 0 saturated heterocycles. The maximum absolute atomic E-state index is 12.8. The van der Waals surface area contributed by atoms with Crippen LogP contribution in [0.3, 0.4) is 0 Å². The Kier molecular flexibility index (Phi) is 8.12. The highest BCUT2D eigenvalue weighted by molar-refractivity contribution is 7.80. The zero-order chi connectivity index (χ0) is 25.5. The van der Waals surface area contributed by atoms with Gasteiger partial charge in [0.2, 0.25) is 0 Å². The van der Waals surface area contributed by atoms with E-state index in [1.54, 1.807) is 27.6 Å². The van der Waals surface area contributed by atoms with Crippen LogP contribution in [-0.4, -0.2) is 42.9 Å². The van der Waals surface area contributed by atoms with Crippen molar-refractivity contribution < 1.29 is 18.6 Å².